The lowest BCUT2D eigenvalue weighted by molar-refractivity contribution is 0.0940. The second kappa shape index (κ2) is 9.43. The molecule has 0 saturated carbocycles. The maximum Gasteiger partial charge on any atom is 0.271 e. The van der Waals surface area contributed by atoms with Crippen molar-refractivity contribution >= 4 is 34.5 Å². The van der Waals surface area contributed by atoms with Crippen LogP contribution in [0.3, 0.4) is 0 Å². The van der Waals surface area contributed by atoms with Crippen LogP contribution in [0.15, 0.2) is 46.5 Å². The fourth-order valence-corrected chi connectivity index (χ4v) is 3.94. The van der Waals surface area contributed by atoms with Crippen molar-refractivity contribution in [3.8, 4) is 10.6 Å². The van der Waals surface area contributed by atoms with Crippen molar-refractivity contribution in [2.75, 3.05) is 6.54 Å². The number of thiazole rings is 1. The van der Waals surface area contributed by atoms with Gasteiger partial charge in [-0.3, -0.25) is 9.59 Å². The first-order valence-corrected chi connectivity index (χ1v) is 10.6. The average Bonchev–Trinajstić information content (AvgIpc) is 3.38. The highest BCUT2D eigenvalue weighted by atomic mass is 32.1. The molecule has 2 aromatic heterocycles. The zero-order valence-electron chi connectivity index (χ0n) is 15.0. The highest BCUT2D eigenvalue weighted by Gasteiger charge is 2.12. The highest BCUT2D eigenvalue weighted by Crippen LogP contribution is 2.25. The van der Waals surface area contributed by atoms with E-state index in [2.05, 4.69) is 22.5 Å². The van der Waals surface area contributed by atoms with E-state index in [4.69, 9.17) is 0 Å². The fourth-order valence-electron chi connectivity index (χ4n) is 2.42. The summed E-state index contributed by atoms with van der Waals surface area (Å²) in [5, 5.41) is 12.4. The van der Waals surface area contributed by atoms with Crippen LogP contribution >= 0.6 is 22.7 Å². The first kappa shape index (κ1) is 19.3. The lowest BCUT2D eigenvalue weighted by Gasteiger charge is -2.06. The summed E-state index contributed by atoms with van der Waals surface area (Å²) in [5.74, 6) is -0.267. The third-order valence-electron chi connectivity index (χ3n) is 3.99. The van der Waals surface area contributed by atoms with Crippen molar-refractivity contribution in [2.45, 2.75) is 26.3 Å². The van der Waals surface area contributed by atoms with Crippen LogP contribution in [0.5, 0.6) is 0 Å². The van der Waals surface area contributed by atoms with Gasteiger partial charge >= 0.3 is 0 Å². The van der Waals surface area contributed by atoms with Crippen molar-refractivity contribution in [1.29, 1.82) is 0 Å². The normalized spacial score (nSPS) is 10.6. The smallest absolute Gasteiger partial charge is 0.271 e. The van der Waals surface area contributed by atoms with Crippen LogP contribution in [0.4, 0.5) is 0 Å². The van der Waals surface area contributed by atoms with Gasteiger partial charge in [-0.25, -0.2) is 4.98 Å². The number of benzene rings is 1. The second-order valence-corrected chi connectivity index (χ2v) is 7.68. The maximum absolute atomic E-state index is 12.3. The van der Waals surface area contributed by atoms with Crippen molar-refractivity contribution in [2.24, 2.45) is 0 Å². The van der Waals surface area contributed by atoms with Gasteiger partial charge < -0.3 is 10.6 Å². The number of amides is 2. The van der Waals surface area contributed by atoms with Gasteiger partial charge in [-0.05, 0) is 35.6 Å². The van der Waals surface area contributed by atoms with Gasteiger partial charge in [-0.1, -0.05) is 25.5 Å². The molecule has 7 heteroatoms. The standard InChI is InChI=1S/C20H21N3O2S2/c1-2-3-9-21-18(24)15-6-4-14(5-7-15)11-22-19(25)17-13-27-20(23-17)16-8-10-26-12-16/h4-8,10,12-13H,2-3,9,11H2,1H3,(H,21,24)(H,22,25). The van der Waals surface area contributed by atoms with Crippen molar-refractivity contribution in [3.05, 3.63) is 63.3 Å². The molecule has 0 aliphatic rings. The van der Waals surface area contributed by atoms with Crippen LogP contribution < -0.4 is 10.6 Å². The average molecular weight is 400 g/mol. The lowest BCUT2D eigenvalue weighted by Crippen LogP contribution is -2.25. The summed E-state index contributed by atoms with van der Waals surface area (Å²) in [4.78, 5) is 28.7. The Hall–Kier alpha value is -2.51. The van der Waals surface area contributed by atoms with E-state index < -0.39 is 0 Å². The van der Waals surface area contributed by atoms with Gasteiger partial charge in [0, 0.05) is 35.0 Å². The third kappa shape index (κ3) is 5.24. The van der Waals surface area contributed by atoms with Gasteiger partial charge in [0.15, 0.2) is 0 Å². The van der Waals surface area contributed by atoms with Gasteiger partial charge in [0.2, 0.25) is 0 Å². The molecular weight excluding hydrogens is 378 g/mol. The molecular formula is C20H21N3O2S2. The summed E-state index contributed by atoms with van der Waals surface area (Å²) in [6.07, 6.45) is 2.02. The Kier molecular flexibility index (Phi) is 6.73. The van der Waals surface area contributed by atoms with E-state index in [-0.39, 0.29) is 11.8 Å². The number of aromatic nitrogens is 1. The molecule has 2 heterocycles. The summed E-state index contributed by atoms with van der Waals surface area (Å²) in [6.45, 7) is 3.17. The van der Waals surface area contributed by atoms with Crippen molar-refractivity contribution in [3.63, 3.8) is 0 Å². The SMILES string of the molecule is CCCCNC(=O)c1ccc(CNC(=O)c2csc(-c3ccsc3)n2)cc1. The fraction of sp³-hybridized carbons (Fsp3) is 0.250. The Bertz CT molecular complexity index is 886. The van der Waals surface area contributed by atoms with E-state index in [1.165, 1.54) is 11.3 Å². The molecule has 2 amide bonds. The van der Waals surface area contributed by atoms with E-state index in [1.807, 2.05) is 29.0 Å². The lowest BCUT2D eigenvalue weighted by atomic mass is 10.1. The second-order valence-electron chi connectivity index (χ2n) is 6.04. The number of carbonyl (C=O) groups excluding carboxylic acids is 2. The Morgan fingerprint density at radius 3 is 2.56 bits per heavy atom. The molecule has 0 fully saturated rings. The summed E-state index contributed by atoms with van der Waals surface area (Å²) in [5.41, 5.74) is 3.02. The predicted molar refractivity (Wildman–Crippen MR) is 110 cm³/mol. The van der Waals surface area contributed by atoms with Gasteiger partial charge in [0.05, 0.1) is 0 Å². The van der Waals surface area contributed by atoms with Gasteiger partial charge in [0.25, 0.3) is 11.8 Å². The molecule has 0 spiro atoms. The van der Waals surface area contributed by atoms with Gasteiger partial charge in [0.1, 0.15) is 10.7 Å². The molecule has 0 saturated heterocycles. The Morgan fingerprint density at radius 1 is 1.04 bits per heavy atom. The molecule has 0 unspecified atom stereocenters. The number of thiophene rings is 1. The first-order valence-electron chi connectivity index (χ1n) is 8.81. The molecule has 0 atom stereocenters. The van der Waals surface area contributed by atoms with E-state index in [9.17, 15) is 9.59 Å². The van der Waals surface area contributed by atoms with Gasteiger partial charge in [-0.15, -0.1) is 11.3 Å². The van der Waals surface area contributed by atoms with Crippen molar-refractivity contribution in [1.82, 2.24) is 15.6 Å². The minimum atomic E-state index is -0.200. The number of nitrogens with zero attached hydrogens (tertiary/aromatic N) is 1. The topological polar surface area (TPSA) is 71.1 Å². The molecule has 2 N–H and O–H groups in total. The molecule has 0 aliphatic carbocycles. The zero-order valence-corrected chi connectivity index (χ0v) is 16.7. The van der Waals surface area contributed by atoms with Crippen LogP contribution in [-0.2, 0) is 6.54 Å². The summed E-state index contributed by atoms with van der Waals surface area (Å²) in [6, 6.07) is 9.26. The predicted octanol–water partition coefficient (Wildman–Crippen LogP) is 4.33. The molecule has 3 rings (SSSR count). The van der Waals surface area contributed by atoms with Crippen LogP contribution in [0.2, 0.25) is 0 Å². The number of rotatable bonds is 8. The van der Waals surface area contributed by atoms with E-state index in [1.54, 1.807) is 28.8 Å². The van der Waals surface area contributed by atoms with Crippen LogP contribution in [0.1, 0.15) is 46.2 Å². The monoisotopic (exact) mass is 399 g/mol. The largest absolute Gasteiger partial charge is 0.352 e. The minimum Gasteiger partial charge on any atom is -0.352 e. The van der Waals surface area contributed by atoms with E-state index in [0.29, 0.717) is 24.3 Å². The zero-order chi connectivity index (χ0) is 19.1. The number of hydrogen-bond acceptors (Lipinski definition) is 5. The molecule has 0 bridgehead atoms. The Balaban J connectivity index is 1.52. The summed E-state index contributed by atoms with van der Waals surface area (Å²) in [7, 11) is 0. The summed E-state index contributed by atoms with van der Waals surface area (Å²) >= 11 is 3.07. The van der Waals surface area contributed by atoms with E-state index in [0.717, 1.165) is 29.0 Å². The van der Waals surface area contributed by atoms with Gasteiger partial charge in [-0.2, -0.15) is 11.3 Å². The number of carbonyl (C=O) groups is 2. The highest BCUT2D eigenvalue weighted by molar-refractivity contribution is 7.14. The Labute approximate surface area is 166 Å². The molecule has 0 radical (unpaired) electrons. The molecule has 0 aliphatic heterocycles. The number of unbranched alkanes of at least 4 members (excludes halogenated alkanes) is 1. The maximum atomic E-state index is 12.3. The molecule has 27 heavy (non-hydrogen) atoms. The number of hydrogen-bond donors (Lipinski definition) is 2. The minimum absolute atomic E-state index is 0.0672. The molecule has 140 valence electrons. The molecule has 1 aromatic carbocycles. The quantitative estimate of drug-likeness (QED) is 0.554. The van der Waals surface area contributed by atoms with E-state index >= 15 is 0 Å². The first-order chi connectivity index (χ1) is 13.2. The van der Waals surface area contributed by atoms with Crippen LogP contribution in [-0.4, -0.2) is 23.3 Å². The Morgan fingerprint density at radius 2 is 1.85 bits per heavy atom. The third-order valence-corrected chi connectivity index (χ3v) is 5.56. The molecule has 3 aromatic rings. The van der Waals surface area contributed by atoms with Crippen LogP contribution in [0, 0.1) is 0 Å². The number of nitrogens with one attached hydrogen (secondary N) is 2. The molecule has 5 nitrogen and oxygen atoms in total. The van der Waals surface area contributed by atoms with Crippen LogP contribution in [0.25, 0.3) is 10.6 Å². The van der Waals surface area contributed by atoms with Crippen molar-refractivity contribution < 1.29 is 9.59 Å². The summed E-state index contributed by atoms with van der Waals surface area (Å²) < 4.78 is 0.